The zero-order valence-electron chi connectivity index (χ0n) is 15.5. The molecule has 2 unspecified atom stereocenters. The summed E-state index contributed by atoms with van der Waals surface area (Å²) in [7, 11) is 0. The van der Waals surface area contributed by atoms with Gasteiger partial charge in [-0.1, -0.05) is 18.9 Å². The SMILES string of the molecule is O=C(Cc1ccc(C(F)(F)F)cc1[N+](=O)[O-])NC1CCCCC1N1CCCC1. The monoisotopic (exact) mass is 399 g/mol. The normalized spacial score (nSPS) is 23.5. The number of carbonyl (C=O) groups excluding carboxylic acids is 1. The highest BCUT2D eigenvalue weighted by Crippen LogP contribution is 2.33. The van der Waals surface area contributed by atoms with Crippen LogP contribution in [0.4, 0.5) is 18.9 Å². The number of carbonyl (C=O) groups is 1. The minimum absolute atomic E-state index is 0.0102. The molecular weight excluding hydrogens is 375 g/mol. The largest absolute Gasteiger partial charge is 0.416 e. The minimum atomic E-state index is -4.67. The zero-order valence-corrected chi connectivity index (χ0v) is 15.5. The van der Waals surface area contributed by atoms with Crippen LogP contribution >= 0.6 is 0 Å². The van der Waals surface area contributed by atoms with Crippen molar-refractivity contribution in [2.75, 3.05) is 13.1 Å². The Morgan fingerprint density at radius 1 is 1.18 bits per heavy atom. The molecule has 0 spiro atoms. The maximum Gasteiger partial charge on any atom is 0.416 e. The van der Waals surface area contributed by atoms with Gasteiger partial charge in [-0.2, -0.15) is 13.2 Å². The summed E-state index contributed by atoms with van der Waals surface area (Å²) in [4.78, 5) is 25.2. The van der Waals surface area contributed by atoms with E-state index < -0.39 is 22.4 Å². The Hall–Kier alpha value is -2.16. The third kappa shape index (κ3) is 4.81. The second-order valence-corrected chi connectivity index (χ2v) is 7.54. The van der Waals surface area contributed by atoms with Crippen LogP contribution in [0.25, 0.3) is 0 Å². The van der Waals surface area contributed by atoms with Gasteiger partial charge in [0, 0.05) is 23.7 Å². The average molecular weight is 399 g/mol. The van der Waals surface area contributed by atoms with Crippen LogP contribution in [0.5, 0.6) is 0 Å². The van der Waals surface area contributed by atoms with Crippen LogP contribution in [-0.2, 0) is 17.4 Å². The molecule has 1 aliphatic heterocycles. The third-order valence-corrected chi connectivity index (χ3v) is 5.65. The predicted molar refractivity (Wildman–Crippen MR) is 96.8 cm³/mol. The van der Waals surface area contributed by atoms with Gasteiger partial charge in [-0.15, -0.1) is 0 Å². The lowest BCUT2D eigenvalue weighted by atomic mass is 9.89. The number of nitrogens with zero attached hydrogens (tertiary/aromatic N) is 2. The Balaban J connectivity index is 1.70. The molecule has 1 aromatic carbocycles. The molecule has 2 aliphatic rings. The second kappa shape index (κ2) is 8.46. The van der Waals surface area contributed by atoms with E-state index in [1.165, 1.54) is 0 Å². The first kappa shape index (κ1) is 20.6. The number of halogens is 3. The van der Waals surface area contributed by atoms with Crippen LogP contribution in [0.2, 0.25) is 0 Å². The van der Waals surface area contributed by atoms with Crippen LogP contribution in [0.15, 0.2) is 18.2 Å². The van der Waals surface area contributed by atoms with Crippen molar-refractivity contribution in [2.24, 2.45) is 0 Å². The summed E-state index contributed by atoms with van der Waals surface area (Å²) in [5.41, 5.74) is -1.78. The van der Waals surface area contributed by atoms with Crippen molar-refractivity contribution in [3.05, 3.63) is 39.4 Å². The summed E-state index contributed by atoms with van der Waals surface area (Å²) >= 11 is 0. The maximum absolute atomic E-state index is 12.8. The molecule has 2 fully saturated rings. The molecule has 28 heavy (non-hydrogen) atoms. The van der Waals surface area contributed by atoms with Crippen molar-refractivity contribution < 1.29 is 22.9 Å². The lowest BCUT2D eigenvalue weighted by Crippen LogP contribution is -2.52. The van der Waals surface area contributed by atoms with E-state index in [-0.39, 0.29) is 30.0 Å². The number of benzene rings is 1. The van der Waals surface area contributed by atoms with Gasteiger partial charge in [0.05, 0.1) is 16.9 Å². The Labute approximate surface area is 161 Å². The number of nitro benzene ring substituents is 1. The number of amides is 1. The van der Waals surface area contributed by atoms with Gasteiger partial charge in [0.2, 0.25) is 5.91 Å². The fourth-order valence-electron chi connectivity index (χ4n) is 4.28. The first-order valence-electron chi connectivity index (χ1n) is 9.63. The molecule has 0 aromatic heterocycles. The van der Waals surface area contributed by atoms with Gasteiger partial charge in [-0.25, -0.2) is 0 Å². The van der Waals surface area contributed by atoms with Crippen molar-refractivity contribution >= 4 is 11.6 Å². The third-order valence-electron chi connectivity index (χ3n) is 5.65. The average Bonchev–Trinajstić information content (AvgIpc) is 3.15. The van der Waals surface area contributed by atoms with Crippen LogP contribution in [0.3, 0.4) is 0 Å². The van der Waals surface area contributed by atoms with Crippen LogP contribution in [0, 0.1) is 10.1 Å². The van der Waals surface area contributed by atoms with Crippen molar-refractivity contribution in [1.29, 1.82) is 0 Å². The van der Waals surface area contributed by atoms with Crippen LogP contribution < -0.4 is 5.32 Å². The van der Waals surface area contributed by atoms with Gasteiger partial charge >= 0.3 is 6.18 Å². The highest BCUT2D eigenvalue weighted by Gasteiger charge is 2.34. The Kier molecular flexibility index (Phi) is 6.22. The van der Waals surface area contributed by atoms with Gasteiger partial charge in [0.25, 0.3) is 5.69 Å². The van der Waals surface area contributed by atoms with E-state index in [0.717, 1.165) is 63.7 Å². The number of hydrogen-bond donors (Lipinski definition) is 1. The summed E-state index contributed by atoms with van der Waals surface area (Å²) in [6, 6.07) is 2.55. The molecule has 1 saturated heterocycles. The van der Waals surface area contributed by atoms with Gasteiger partial charge < -0.3 is 5.32 Å². The number of hydrogen-bond acceptors (Lipinski definition) is 4. The molecule has 154 valence electrons. The number of nitrogens with one attached hydrogen (secondary N) is 1. The Bertz CT molecular complexity index is 733. The number of nitro groups is 1. The highest BCUT2D eigenvalue weighted by molar-refractivity contribution is 5.80. The van der Waals surface area contributed by atoms with Crippen molar-refractivity contribution in [1.82, 2.24) is 10.2 Å². The Morgan fingerprint density at radius 3 is 2.50 bits per heavy atom. The number of likely N-dealkylation sites (tertiary alicyclic amines) is 1. The summed E-state index contributed by atoms with van der Waals surface area (Å²) in [6.45, 7) is 2.03. The summed E-state index contributed by atoms with van der Waals surface area (Å²) in [5.74, 6) is -0.390. The molecule has 3 rings (SSSR count). The van der Waals surface area contributed by atoms with E-state index in [9.17, 15) is 28.1 Å². The van der Waals surface area contributed by atoms with Crippen molar-refractivity contribution in [3.8, 4) is 0 Å². The van der Waals surface area contributed by atoms with E-state index in [4.69, 9.17) is 0 Å². The fourth-order valence-corrected chi connectivity index (χ4v) is 4.28. The molecule has 1 aromatic rings. The maximum atomic E-state index is 12.8. The van der Waals surface area contributed by atoms with E-state index >= 15 is 0 Å². The first-order valence-corrected chi connectivity index (χ1v) is 9.63. The van der Waals surface area contributed by atoms with Gasteiger partial charge in [-0.05, 0) is 44.8 Å². The molecule has 1 heterocycles. The quantitative estimate of drug-likeness (QED) is 0.605. The highest BCUT2D eigenvalue weighted by atomic mass is 19.4. The molecule has 6 nitrogen and oxygen atoms in total. The number of alkyl halides is 3. The summed E-state index contributed by atoms with van der Waals surface area (Å²) < 4.78 is 38.5. The molecule has 1 N–H and O–H groups in total. The van der Waals surface area contributed by atoms with Gasteiger partial charge in [0.15, 0.2) is 0 Å². The van der Waals surface area contributed by atoms with E-state index in [2.05, 4.69) is 10.2 Å². The molecule has 1 saturated carbocycles. The smallest absolute Gasteiger partial charge is 0.352 e. The van der Waals surface area contributed by atoms with Crippen molar-refractivity contribution in [2.45, 2.75) is 63.2 Å². The fraction of sp³-hybridized carbons (Fsp3) is 0.632. The standard InChI is InChI=1S/C19H24F3N3O3/c20-19(21,22)14-8-7-13(17(12-14)25(27)28)11-18(26)23-15-5-1-2-6-16(15)24-9-3-4-10-24/h7-8,12,15-16H,1-6,9-11H2,(H,23,26). The number of rotatable bonds is 5. The molecular formula is C19H24F3N3O3. The summed E-state index contributed by atoms with van der Waals surface area (Å²) in [6.07, 6.45) is 1.29. The van der Waals surface area contributed by atoms with Gasteiger partial charge in [0.1, 0.15) is 0 Å². The molecule has 0 bridgehead atoms. The summed E-state index contributed by atoms with van der Waals surface area (Å²) in [5, 5.41) is 14.2. The lowest BCUT2D eigenvalue weighted by Gasteiger charge is -2.38. The zero-order chi connectivity index (χ0) is 20.3. The van der Waals surface area contributed by atoms with Crippen LogP contribution in [-0.4, -0.2) is 40.9 Å². The first-order chi connectivity index (χ1) is 13.3. The Morgan fingerprint density at radius 2 is 1.86 bits per heavy atom. The van der Waals surface area contributed by atoms with Crippen molar-refractivity contribution in [3.63, 3.8) is 0 Å². The molecule has 1 aliphatic carbocycles. The van der Waals surface area contributed by atoms with E-state index in [1.807, 2.05) is 0 Å². The van der Waals surface area contributed by atoms with Gasteiger partial charge in [-0.3, -0.25) is 19.8 Å². The van der Waals surface area contributed by atoms with E-state index in [0.29, 0.717) is 6.07 Å². The topological polar surface area (TPSA) is 75.5 Å². The van der Waals surface area contributed by atoms with Crippen LogP contribution in [0.1, 0.15) is 49.7 Å². The molecule has 1 amide bonds. The predicted octanol–water partition coefficient (Wildman–Crippen LogP) is 3.68. The molecule has 9 heteroatoms. The van der Waals surface area contributed by atoms with E-state index in [1.54, 1.807) is 0 Å². The lowest BCUT2D eigenvalue weighted by molar-refractivity contribution is -0.385. The minimum Gasteiger partial charge on any atom is -0.352 e. The second-order valence-electron chi connectivity index (χ2n) is 7.54. The molecule has 2 atom stereocenters. The molecule has 0 radical (unpaired) electrons.